The molecule has 0 amide bonds. The number of carbonyl (C=O) groups is 1. The van der Waals surface area contributed by atoms with E-state index >= 15 is 0 Å². The van der Waals surface area contributed by atoms with Crippen molar-refractivity contribution < 1.29 is 9.53 Å². The summed E-state index contributed by atoms with van der Waals surface area (Å²) in [6.07, 6.45) is 9.39. The van der Waals surface area contributed by atoms with Crippen molar-refractivity contribution in [1.82, 2.24) is 4.90 Å². The summed E-state index contributed by atoms with van der Waals surface area (Å²) in [4.78, 5) is 13.9. The number of ether oxygens (including phenoxy) is 1. The van der Waals surface area contributed by atoms with Crippen molar-refractivity contribution in [1.29, 1.82) is 0 Å². The zero-order valence-corrected chi connectivity index (χ0v) is 8.48. The Hall–Kier alpha value is -1.09. The van der Waals surface area contributed by atoms with Crippen LogP contribution in [-0.4, -0.2) is 35.1 Å². The lowest BCUT2D eigenvalue weighted by Crippen LogP contribution is -2.42. The highest BCUT2D eigenvalue weighted by Gasteiger charge is 2.60. The molecule has 4 aliphatic rings. The maximum absolute atomic E-state index is 11.4. The van der Waals surface area contributed by atoms with Gasteiger partial charge < -0.3 is 4.74 Å². The van der Waals surface area contributed by atoms with Gasteiger partial charge in [-0.25, -0.2) is 4.79 Å². The highest BCUT2D eigenvalue weighted by atomic mass is 16.6. The predicted octanol–water partition coefficient (Wildman–Crippen LogP) is 1.01. The van der Waals surface area contributed by atoms with Crippen molar-refractivity contribution in [3.63, 3.8) is 0 Å². The quantitative estimate of drug-likeness (QED) is 0.550. The van der Waals surface area contributed by atoms with E-state index in [1.54, 1.807) is 6.08 Å². The summed E-state index contributed by atoms with van der Waals surface area (Å²) in [5, 5.41) is 0. The normalized spacial score (nSPS) is 46.4. The first-order valence-electron chi connectivity index (χ1n) is 5.69. The number of carbonyl (C=O) groups excluding carboxylic acids is 1. The lowest BCUT2D eigenvalue weighted by molar-refractivity contribution is -0.147. The molecule has 0 radical (unpaired) electrons. The van der Waals surface area contributed by atoms with Crippen LogP contribution in [0.15, 0.2) is 23.8 Å². The van der Waals surface area contributed by atoms with Crippen LogP contribution in [0.1, 0.15) is 19.3 Å². The third-order valence-electron chi connectivity index (χ3n) is 4.31. The number of hydrogen-bond donors (Lipinski definition) is 0. The van der Waals surface area contributed by atoms with E-state index in [2.05, 4.69) is 17.1 Å². The minimum atomic E-state index is -0.271. The van der Waals surface area contributed by atoms with Gasteiger partial charge in [-0.2, -0.15) is 0 Å². The van der Waals surface area contributed by atoms with Crippen molar-refractivity contribution in [2.45, 2.75) is 36.9 Å². The molecule has 4 rings (SSSR count). The SMILES string of the molecule is O=C1C=C2C=C[C@@H]3C[C@]2(O1)[C@@H]1CCCN31. The van der Waals surface area contributed by atoms with Crippen molar-refractivity contribution in [2.75, 3.05) is 6.54 Å². The summed E-state index contributed by atoms with van der Waals surface area (Å²) < 4.78 is 5.63. The van der Waals surface area contributed by atoms with Crippen LogP contribution in [0.3, 0.4) is 0 Å². The van der Waals surface area contributed by atoms with Crippen molar-refractivity contribution >= 4 is 5.97 Å². The summed E-state index contributed by atoms with van der Waals surface area (Å²) >= 11 is 0. The van der Waals surface area contributed by atoms with E-state index in [1.165, 1.54) is 12.8 Å². The first-order chi connectivity index (χ1) is 7.29. The van der Waals surface area contributed by atoms with E-state index in [0.717, 1.165) is 18.5 Å². The summed E-state index contributed by atoms with van der Waals surface area (Å²) in [6.45, 7) is 1.16. The molecule has 2 fully saturated rings. The van der Waals surface area contributed by atoms with Crippen LogP contribution < -0.4 is 0 Å². The molecule has 78 valence electrons. The second kappa shape index (κ2) is 2.35. The molecule has 3 heterocycles. The smallest absolute Gasteiger partial charge is 0.332 e. The summed E-state index contributed by atoms with van der Waals surface area (Å²) in [7, 11) is 0. The third kappa shape index (κ3) is 0.797. The molecule has 3 nitrogen and oxygen atoms in total. The fraction of sp³-hybridized carbons (Fsp3) is 0.583. The zero-order chi connectivity index (χ0) is 10.0. The molecule has 0 aromatic rings. The number of hydrogen-bond acceptors (Lipinski definition) is 3. The molecule has 3 atom stereocenters. The molecule has 3 aliphatic heterocycles. The van der Waals surface area contributed by atoms with Gasteiger partial charge >= 0.3 is 5.97 Å². The molecule has 0 aromatic carbocycles. The average Bonchev–Trinajstić information content (AvgIpc) is 2.82. The molecule has 0 aromatic heterocycles. The van der Waals surface area contributed by atoms with Gasteiger partial charge in [-0.1, -0.05) is 12.2 Å². The third-order valence-corrected chi connectivity index (χ3v) is 4.31. The highest BCUT2D eigenvalue weighted by Crippen LogP contribution is 2.51. The van der Waals surface area contributed by atoms with E-state index in [0.29, 0.717) is 12.1 Å². The first-order valence-corrected chi connectivity index (χ1v) is 5.69. The van der Waals surface area contributed by atoms with Gasteiger partial charge in [0.2, 0.25) is 0 Å². The molecule has 3 heteroatoms. The molecule has 0 unspecified atom stereocenters. The van der Waals surface area contributed by atoms with Crippen LogP contribution in [-0.2, 0) is 9.53 Å². The van der Waals surface area contributed by atoms with Gasteiger partial charge in [0.15, 0.2) is 5.60 Å². The van der Waals surface area contributed by atoms with E-state index in [-0.39, 0.29) is 11.6 Å². The number of fused-ring (bicyclic) bond motifs is 3. The Morgan fingerprint density at radius 3 is 3.40 bits per heavy atom. The van der Waals surface area contributed by atoms with Crippen molar-refractivity contribution in [3.8, 4) is 0 Å². The van der Waals surface area contributed by atoms with E-state index in [4.69, 9.17) is 4.74 Å². The molecule has 1 aliphatic carbocycles. The topological polar surface area (TPSA) is 29.5 Å². The zero-order valence-electron chi connectivity index (χ0n) is 8.48. The minimum absolute atomic E-state index is 0.149. The molecule has 15 heavy (non-hydrogen) atoms. The van der Waals surface area contributed by atoms with E-state index < -0.39 is 0 Å². The fourth-order valence-electron chi connectivity index (χ4n) is 3.77. The lowest BCUT2D eigenvalue weighted by atomic mass is 9.81. The van der Waals surface area contributed by atoms with Crippen LogP contribution in [0.25, 0.3) is 0 Å². The molecule has 0 N–H and O–H groups in total. The predicted molar refractivity (Wildman–Crippen MR) is 54.2 cm³/mol. The highest BCUT2D eigenvalue weighted by molar-refractivity contribution is 5.88. The van der Waals surface area contributed by atoms with E-state index in [9.17, 15) is 4.79 Å². The van der Waals surface area contributed by atoms with Crippen molar-refractivity contribution in [3.05, 3.63) is 23.8 Å². The van der Waals surface area contributed by atoms with Gasteiger partial charge in [-0.15, -0.1) is 0 Å². The second-order valence-corrected chi connectivity index (χ2v) is 4.94. The molecular weight excluding hydrogens is 190 g/mol. The van der Waals surface area contributed by atoms with E-state index in [1.807, 2.05) is 0 Å². The molecule has 0 saturated carbocycles. The Balaban J connectivity index is 1.89. The fourth-order valence-corrected chi connectivity index (χ4v) is 3.77. The summed E-state index contributed by atoms with van der Waals surface area (Å²) in [5.74, 6) is -0.149. The largest absolute Gasteiger partial charge is 0.449 e. The van der Waals surface area contributed by atoms with Crippen molar-refractivity contribution in [2.24, 2.45) is 0 Å². The minimum Gasteiger partial charge on any atom is -0.449 e. The molecule has 2 saturated heterocycles. The average molecular weight is 203 g/mol. The Morgan fingerprint density at radius 1 is 1.53 bits per heavy atom. The maximum atomic E-state index is 11.4. The van der Waals surface area contributed by atoms with Gasteiger partial charge in [0.05, 0.1) is 6.04 Å². The molecule has 1 spiro atoms. The van der Waals surface area contributed by atoms with Crippen LogP contribution in [0.2, 0.25) is 0 Å². The second-order valence-electron chi connectivity index (χ2n) is 4.94. The number of nitrogens with zero attached hydrogens (tertiary/aromatic N) is 1. The monoisotopic (exact) mass is 203 g/mol. The Kier molecular flexibility index (Phi) is 1.27. The first kappa shape index (κ1) is 8.11. The van der Waals surface area contributed by atoms with Crippen LogP contribution in [0.5, 0.6) is 0 Å². The van der Waals surface area contributed by atoms with Gasteiger partial charge in [-0.05, 0) is 19.4 Å². The summed E-state index contributed by atoms with van der Waals surface area (Å²) in [5.41, 5.74) is 0.839. The van der Waals surface area contributed by atoms with Gasteiger partial charge in [0, 0.05) is 24.1 Å². The van der Waals surface area contributed by atoms with Gasteiger partial charge in [-0.3, -0.25) is 4.90 Å². The number of rotatable bonds is 0. The molecular formula is C12H13NO2. The Labute approximate surface area is 88.4 Å². The Bertz CT molecular complexity index is 412. The van der Waals surface area contributed by atoms with Crippen LogP contribution in [0.4, 0.5) is 0 Å². The number of esters is 1. The standard InChI is InChI=1S/C12H13NO2/c14-11-6-8-3-4-9-7-12(8,15-11)10-2-1-5-13(9)10/h3-4,6,9-10H,1-2,5,7H2/t9-,10+,12-/m1/s1. The lowest BCUT2D eigenvalue weighted by Gasteiger charge is -2.31. The van der Waals surface area contributed by atoms with Gasteiger partial charge in [0.1, 0.15) is 0 Å². The Morgan fingerprint density at radius 2 is 2.47 bits per heavy atom. The summed E-state index contributed by atoms with van der Waals surface area (Å²) in [6, 6.07) is 0.941. The molecule has 2 bridgehead atoms. The van der Waals surface area contributed by atoms with Crippen LogP contribution >= 0.6 is 0 Å². The maximum Gasteiger partial charge on any atom is 0.332 e. The van der Waals surface area contributed by atoms with Crippen LogP contribution in [0, 0.1) is 0 Å². The van der Waals surface area contributed by atoms with Gasteiger partial charge in [0.25, 0.3) is 0 Å².